The molecular weight excluding hydrogens is 318 g/mol. The molecule has 6 nitrogen and oxygen atoms in total. The van der Waals surface area contributed by atoms with Crippen LogP contribution in [0.15, 0.2) is 29.2 Å². The second-order valence-corrected chi connectivity index (χ2v) is 8.17. The Balaban J connectivity index is 1.68. The Kier molecular flexibility index (Phi) is 4.70. The number of ether oxygens (including phenoxy) is 1. The Hall–Kier alpha value is -1.44. The van der Waals surface area contributed by atoms with E-state index in [-0.39, 0.29) is 16.6 Å². The first kappa shape index (κ1) is 16.4. The second-order valence-electron chi connectivity index (χ2n) is 6.23. The van der Waals surface area contributed by atoms with Gasteiger partial charge < -0.3 is 9.84 Å². The quantitative estimate of drug-likeness (QED) is 0.856. The van der Waals surface area contributed by atoms with Crippen LogP contribution in [0.4, 0.5) is 0 Å². The van der Waals surface area contributed by atoms with E-state index in [0.717, 1.165) is 19.4 Å². The summed E-state index contributed by atoms with van der Waals surface area (Å²) in [4.78, 5) is 11.0. The number of aromatic carboxylic acids is 1. The number of sulfonamides is 1. The van der Waals surface area contributed by atoms with Crippen molar-refractivity contribution in [2.75, 3.05) is 19.7 Å². The largest absolute Gasteiger partial charge is 0.478 e. The predicted molar refractivity (Wildman–Crippen MR) is 83.9 cm³/mol. The fourth-order valence-electron chi connectivity index (χ4n) is 2.73. The molecule has 0 bridgehead atoms. The molecule has 7 heteroatoms. The number of piperidine rings is 1. The smallest absolute Gasteiger partial charge is 0.335 e. The van der Waals surface area contributed by atoms with E-state index in [1.165, 1.54) is 41.4 Å². The van der Waals surface area contributed by atoms with Gasteiger partial charge in [0.2, 0.25) is 10.0 Å². The lowest BCUT2D eigenvalue weighted by Crippen LogP contribution is -2.43. The van der Waals surface area contributed by atoms with Crippen molar-refractivity contribution in [1.29, 1.82) is 0 Å². The van der Waals surface area contributed by atoms with Crippen LogP contribution in [-0.4, -0.2) is 49.6 Å². The summed E-state index contributed by atoms with van der Waals surface area (Å²) in [7, 11) is -3.60. The Morgan fingerprint density at radius 3 is 2.52 bits per heavy atom. The third-order valence-electron chi connectivity index (χ3n) is 4.34. The van der Waals surface area contributed by atoms with Gasteiger partial charge in [-0.05, 0) is 55.9 Å². The SMILES string of the molecule is O=C(O)c1ccc(S(=O)(=O)N2CCCC(OCC3CC3)C2)cc1. The van der Waals surface area contributed by atoms with Gasteiger partial charge in [-0.25, -0.2) is 13.2 Å². The second kappa shape index (κ2) is 6.59. The van der Waals surface area contributed by atoms with E-state index in [0.29, 0.717) is 19.0 Å². The number of benzene rings is 1. The average Bonchev–Trinajstić information content (AvgIpc) is 3.37. The van der Waals surface area contributed by atoms with Gasteiger partial charge in [-0.1, -0.05) is 0 Å². The summed E-state index contributed by atoms with van der Waals surface area (Å²) in [6.45, 7) is 1.58. The number of rotatable bonds is 6. The van der Waals surface area contributed by atoms with Crippen LogP contribution in [0.1, 0.15) is 36.0 Å². The number of nitrogens with zero attached hydrogens (tertiary/aromatic N) is 1. The summed E-state index contributed by atoms with van der Waals surface area (Å²) in [5.74, 6) is -0.411. The molecule has 1 aromatic carbocycles. The van der Waals surface area contributed by atoms with Crippen LogP contribution in [-0.2, 0) is 14.8 Å². The van der Waals surface area contributed by atoms with Crippen LogP contribution in [0.5, 0.6) is 0 Å². The van der Waals surface area contributed by atoms with E-state index in [4.69, 9.17) is 9.84 Å². The first-order valence-electron chi connectivity index (χ1n) is 7.92. The molecule has 1 aliphatic heterocycles. The van der Waals surface area contributed by atoms with Crippen LogP contribution in [0.2, 0.25) is 0 Å². The predicted octanol–water partition coefficient (Wildman–Crippen LogP) is 1.96. The standard InChI is InChI=1S/C16H21NO5S/c18-16(19)13-5-7-15(8-6-13)23(20,21)17-9-1-2-14(10-17)22-11-12-3-4-12/h5-8,12,14H,1-4,9-11H2,(H,18,19). The highest BCUT2D eigenvalue weighted by atomic mass is 32.2. The third-order valence-corrected chi connectivity index (χ3v) is 6.22. The van der Waals surface area contributed by atoms with Gasteiger partial charge in [0.25, 0.3) is 0 Å². The van der Waals surface area contributed by atoms with Crippen molar-refractivity contribution in [3.63, 3.8) is 0 Å². The minimum absolute atomic E-state index is 0.0441. The molecule has 2 fully saturated rings. The maximum absolute atomic E-state index is 12.7. The lowest BCUT2D eigenvalue weighted by Gasteiger charge is -2.32. The maximum Gasteiger partial charge on any atom is 0.335 e. The Morgan fingerprint density at radius 2 is 1.91 bits per heavy atom. The van der Waals surface area contributed by atoms with Crippen LogP contribution in [0.3, 0.4) is 0 Å². The molecule has 1 saturated heterocycles. The zero-order chi connectivity index (χ0) is 16.4. The van der Waals surface area contributed by atoms with Gasteiger partial charge in [-0.15, -0.1) is 0 Å². The molecule has 23 heavy (non-hydrogen) atoms. The van der Waals surface area contributed by atoms with E-state index < -0.39 is 16.0 Å². The van der Waals surface area contributed by atoms with Crippen LogP contribution in [0, 0.1) is 5.92 Å². The molecule has 1 aromatic rings. The van der Waals surface area contributed by atoms with Crippen LogP contribution >= 0.6 is 0 Å². The van der Waals surface area contributed by atoms with Crippen molar-refractivity contribution in [2.24, 2.45) is 5.92 Å². The average molecular weight is 339 g/mol. The lowest BCUT2D eigenvalue weighted by molar-refractivity contribution is 0.0133. The van der Waals surface area contributed by atoms with E-state index in [1.807, 2.05) is 0 Å². The number of carboxylic acids is 1. The molecule has 0 radical (unpaired) electrons. The van der Waals surface area contributed by atoms with E-state index >= 15 is 0 Å². The van der Waals surface area contributed by atoms with E-state index in [1.54, 1.807) is 0 Å². The summed E-state index contributed by atoms with van der Waals surface area (Å²) in [5, 5.41) is 8.89. The van der Waals surface area contributed by atoms with Gasteiger partial charge in [0, 0.05) is 19.7 Å². The topological polar surface area (TPSA) is 83.9 Å². The van der Waals surface area contributed by atoms with Gasteiger partial charge in [-0.3, -0.25) is 0 Å². The normalized spacial score (nSPS) is 22.9. The Labute approximate surface area is 136 Å². The number of carbonyl (C=O) groups is 1. The van der Waals surface area contributed by atoms with Crippen molar-refractivity contribution in [1.82, 2.24) is 4.31 Å². The molecule has 1 unspecified atom stereocenters. The zero-order valence-electron chi connectivity index (χ0n) is 12.8. The highest BCUT2D eigenvalue weighted by Gasteiger charge is 2.32. The van der Waals surface area contributed by atoms with Crippen LogP contribution < -0.4 is 0 Å². The molecule has 0 amide bonds. The molecule has 1 saturated carbocycles. The molecular formula is C16H21NO5S. The monoisotopic (exact) mass is 339 g/mol. The number of hydrogen-bond acceptors (Lipinski definition) is 4. The molecule has 3 rings (SSSR count). The third kappa shape index (κ3) is 3.91. The first-order chi connectivity index (χ1) is 11.0. The molecule has 1 atom stereocenters. The molecule has 126 valence electrons. The zero-order valence-corrected chi connectivity index (χ0v) is 13.7. The molecule has 1 aliphatic carbocycles. The minimum atomic E-state index is -3.60. The lowest BCUT2D eigenvalue weighted by atomic mass is 10.1. The highest BCUT2D eigenvalue weighted by Crippen LogP contribution is 2.30. The van der Waals surface area contributed by atoms with Crippen molar-refractivity contribution in [3.05, 3.63) is 29.8 Å². The fraction of sp³-hybridized carbons (Fsp3) is 0.562. The van der Waals surface area contributed by atoms with Gasteiger partial charge in [-0.2, -0.15) is 4.31 Å². The van der Waals surface area contributed by atoms with E-state index in [9.17, 15) is 13.2 Å². The van der Waals surface area contributed by atoms with Gasteiger partial charge in [0.05, 0.1) is 16.6 Å². The number of carboxylic acid groups (broad SMARTS) is 1. The van der Waals surface area contributed by atoms with E-state index in [2.05, 4.69) is 0 Å². The van der Waals surface area contributed by atoms with Gasteiger partial charge >= 0.3 is 5.97 Å². The van der Waals surface area contributed by atoms with Crippen molar-refractivity contribution in [2.45, 2.75) is 36.7 Å². The fourth-order valence-corrected chi connectivity index (χ4v) is 4.24. The first-order valence-corrected chi connectivity index (χ1v) is 9.36. The molecule has 1 N–H and O–H groups in total. The molecule has 2 aliphatic rings. The maximum atomic E-state index is 12.7. The van der Waals surface area contributed by atoms with Crippen molar-refractivity contribution >= 4 is 16.0 Å². The van der Waals surface area contributed by atoms with Gasteiger partial charge in [0.1, 0.15) is 0 Å². The molecule has 0 aromatic heterocycles. The van der Waals surface area contributed by atoms with Crippen molar-refractivity contribution < 1.29 is 23.1 Å². The Bertz CT molecular complexity index is 666. The Morgan fingerprint density at radius 1 is 1.22 bits per heavy atom. The summed E-state index contributed by atoms with van der Waals surface area (Å²) in [6, 6.07) is 5.35. The summed E-state index contributed by atoms with van der Waals surface area (Å²) in [5.41, 5.74) is 0.0771. The molecule has 1 heterocycles. The summed E-state index contributed by atoms with van der Waals surface area (Å²) >= 11 is 0. The minimum Gasteiger partial charge on any atom is -0.478 e. The highest BCUT2D eigenvalue weighted by molar-refractivity contribution is 7.89. The van der Waals surface area contributed by atoms with Crippen LogP contribution in [0.25, 0.3) is 0 Å². The molecule has 0 spiro atoms. The summed E-state index contributed by atoms with van der Waals surface area (Å²) < 4.78 is 32.7. The van der Waals surface area contributed by atoms with Crippen molar-refractivity contribution in [3.8, 4) is 0 Å². The number of hydrogen-bond donors (Lipinski definition) is 1. The summed E-state index contributed by atoms with van der Waals surface area (Å²) in [6.07, 6.45) is 4.05. The van der Waals surface area contributed by atoms with Gasteiger partial charge in [0.15, 0.2) is 0 Å².